The van der Waals surface area contributed by atoms with Crippen molar-refractivity contribution >= 4 is 17.9 Å². The highest BCUT2D eigenvalue weighted by molar-refractivity contribution is 5.71. The standard InChI is InChI=1S/C66H126O6/c1-4-7-10-13-15-17-19-21-23-25-27-29-31-33-35-36-38-40-42-44-46-48-50-53-56-59-65(68)71-62-63(61-70-64(67)58-55-52-12-9-6-3)72-66(69)60-57-54-51-49-47-45-43-41-39-37-34-32-30-28-26-24-22-20-18-16-14-11-8-5-2/h25,27,63H,4-24,26,28-62H2,1-3H3/b27-25-. The number of carbonyl (C=O) groups excluding carboxylic acids is 3. The van der Waals surface area contributed by atoms with Gasteiger partial charge in [-0.15, -0.1) is 0 Å². The van der Waals surface area contributed by atoms with Crippen LogP contribution in [0.3, 0.4) is 0 Å². The summed E-state index contributed by atoms with van der Waals surface area (Å²) < 4.78 is 16.8. The normalized spacial score (nSPS) is 12.0. The Kier molecular flexibility index (Phi) is 60.1. The molecule has 426 valence electrons. The van der Waals surface area contributed by atoms with Crippen LogP contribution in [0.5, 0.6) is 0 Å². The molecule has 0 saturated carbocycles. The van der Waals surface area contributed by atoms with E-state index in [-0.39, 0.29) is 31.1 Å². The summed E-state index contributed by atoms with van der Waals surface area (Å²) in [4.78, 5) is 37.9. The van der Waals surface area contributed by atoms with Crippen molar-refractivity contribution in [3.05, 3.63) is 12.2 Å². The molecule has 0 bridgehead atoms. The van der Waals surface area contributed by atoms with E-state index < -0.39 is 6.10 Å². The van der Waals surface area contributed by atoms with E-state index in [1.165, 1.54) is 270 Å². The second-order valence-electron chi connectivity index (χ2n) is 22.4. The van der Waals surface area contributed by atoms with Gasteiger partial charge in [0, 0.05) is 19.3 Å². The number of hydrogen-bond donors (Lipinski definition) is 0. The van der Waals surface area contributed by atoms with Crippen molar-refractivity contribution in [1.82, 2.24) is 0 Å². The maximum absolute atomic E-state index is 12.8. The highest BCUT2D eigenvalue weighted by Crippen LogP contribution is 2.18. The van der Waals surface area contributed by atoms with Crippen LogP contribution in [0.4, 0.5) is 0 Å². The summed E-state index contributed by atoms with van der Waals surface area (Å²) in [6.07, 6.45) is 72.8. The number of ether oxygens (including phenoxy) is 3. The molecule has 72 heavy (non-hydrogen) atoms. The van der Waals surface area contributed by atoms with Crippen LogP contribution in [0.25, 0.3) is 0 Å². The van der Waals surface area contributed by atoms with E-state index in [0.717, 1.165) is 64.2 Å². The number of hydrogen-bond acceptors (Lipinski definition) is 6. The van der Waals surface area contributed by atoms with Crippen molar-refractivity contribution in [3.8, 4) is 0 Å². The van der Waals surface area contributed by atoms with E-state index >= 15 is 0 Å². The number of rotatable bonds is 61. The summed E-state index contributed by atoms with van der Waals surface area (Å²) in [5.41, 5.74) is 0. The third-order valence-corrected chi connectivity index (χ3v) is 15.0. The molecule has 0 radical (unpaired) electrons. The molecule has 0 N–H and O–H groups in total. The molecule has 0 aliphatic carbocycles. The lowest BCUT2D eigenvalue weighted by Crippen LogP contribution is -2.30. The fraction of sp³-hybridized carbons (Fsp3) is 0.924. The van der Waals surface area contributed by atoms with Gasteiger partial charge < -0.3 is 14.2 Å². The average molecular weight is 1020 g/mol. The zero-order valence-corrected chi connectivity index (χ0v) is 49.0. The van der Waals surface area contributed by atoms with Gasteiger partial charge in [-0.1, -0.05) is 322 Å². The van der Waals surface area contributed by atoms with Crippen LogP contribution in [0, 0.1) is 0 Å². The third-order valence-electron chi connectivity index (χ3n) is 15.0. The SMILES string of the molecule is CCCCCCCCCC/C=C\CCCCCCCCCCCCCCCC(=O)OCC(COC(=O)CCCCCCC)OC(=O)CCCCCCCCCCCCCCCCCCCCCCCCCC. The zero-order valence-electron chi connectivity index (χ0n) is 49.0. The molecule has 0 rings (SSSR count). The predicted octanol–water partition coefficient (Wildman–Crippen LogP) is 22.1. The van der Waals surface area contributed by atoms with Crippen LogP contribution in [0.1, 0.15) is 374 Å². The van der Waals surface area contributed by atoms with Gasteiger partial charge >= 0.3 is 17.9 Å². The monoisotopic (exact) mass is 1010 g/mol. The van der Waals surface area contributed by atoms with Crippen LogP contribution in [0.2, 0.25) is 0 Å². The minimum atomic E-state index is -0.763. The van der Waals surface area contributed by atoms with Crippen molar-refractivity contribution in [2.24, 2.45) is 0 Å². The molecule has 1 unspecified atom stereocenters. The molecular formula is C66H126O6. The van der Waals surface area contributed by atoms with Crippen molar-refractivity contribution < 1.29 is 28.6 Å². The van der Waals surface area contributed by atoms with Crippen molar-refractivity contribution in [2.45, 2.75) is 380 Å². The van der Waals surface area contributed by atoms with Crippen LogP contribution < -0.4 is 0 Å². The van der Waals surface area contributed by atoms with Gasteiger partial charge in [0.1, 0.15) is 13.2 Å². The summed E-state index contributed by atoms with van der Waals surface area (Å²) in [6.45, 7) is 6.63. The Morgan fingerprint density at radius 2 is 0.458 bits per heavy atom. The molecule has 0 fully saturated rings. The van der Waals surface area contributed by atoms with Gasteiger partial charge in [0.25, 0.3) is 0 Å². The Morgan fingerprint density at radius 1 is 0.264 bits per heavy atom. The summed E-state index contributed by atoms with van der Waals surface area (Å²) in [7, 11) is 0. The van der Waals surface area contributed by atoms with Crippen LogP contribution in [-0.4, -0.2) is 37.2 Å². The molecule has 0 aliphatic heterocycles. The van der Waals surface area contributed by atoms with Gasteiger partial charge in [0.15, 0.2) is 6.10 Å². The number of esters is 3. The van der Waals surface area contributed by atoms with E-state index in [4.69, 9.17) is 14.2 Å². The minimum Gasteiger partial charge on any atom is -0.462 e. The van der Waals surface area contributed by atoms with Crippen molar-refractivity contribution in [1.29, 1.82) is 0 Å². The molecular weight excluding hydrogens is 889 g/mol. The molecule has 0 spiro atoms. The minimum absolute atomic E-state index is 0.0649. The Morgan fingerprint density at radius 3 is 0.694 bits per heavy atom. The number of allylic oxidation sites excluding steroid dienone is 2. The zero-order chi connectivity index (χ0) is 52.2. The van der Waals surface area contributed by atoms with Crippen molar-refractivity contribution in [3.63, 3.8) is 0 Å². The maximum atomic E-state index is 12.8. The van der Waals surface area contributed by atoms with Gasteiger partial charge in [0.05, 0.1) is 0 Å². The molecule has 0 heterocycles. The summed E-state index contributed by atoms with van der Waals surface area (Å²) >= 11 is 0. The molecule has 0 aromatic rings. The van der Waals surface area contributed by atoms with Gasteiger partial charge in [-0.3, -0.25) is 14.4 Å². The van der Waals surface area contributed by atoms with E-state index in [9.17, 15) is 14.4 Å². The van der Waals surface area contributed by atoms with E-state index in [1.54, 1.807) is 0 Å². The molecule has 6 nitrogen and oxygen atoms in total. The van der Waals surface area contributed by atoms with Crippen LogP contribution >= 0.6 is 0 Å². The molecule has 0 saturated heterocycles. The smallest absolute Gasteiger partial charge is 0.306 e. The first-order chi connectivity index (χ1) is 35.5. The first-order valence-electron chi connectivity index (χ1n) is 32.7. The second kappa shape index (κ2) is 61.7. The Hall–Kier alpha value is -1.85. The lowest BCUT2D eigenvalue weighted by Gasteiger charge is -2.18. The lowest BCUT2D eigenvalue weighted by molar-refractivity contribution is -0.167. The Labute approximate surface area is 450 Å². The van der Waals surface area contributed by atoms with Crippen molar-refractivity contribution in [2.75, 3.05) is 13.2 Å². The maximum Gasteiger partial charge on any atom is 0.306 e. The molecule has 0 aromatic carbocycles. The Bertz CT molecular complexity index is 1120. The topological polar surface area (TPSA) is 78.9 Å². The van der Waals surface area contributed by atoms with Crippen LogP contribution in [0.15, 0.2) is 12.2 Å². The Balaban J connectivity index is 3.96. The number of carbonyl (C=O) groups is 3. The summed E-state index contributed by atoms with van der Waals surface area (Å²) in [6, 6.07) is 0. The van der Waals surface area contributed by atoms with Gasteiger partial charge in [-0.2, -0.15) is 0 Å². The third kappa shape index (κ3) is 59.0. The lowest BCUT2D eigenvalue weighted by atomic mass is 10.0. The average Bonchev–Trinajstić information content (AvgIpc) is 3.38. The number of unbranched alkanes of at least 4 members (excludes halogenated alkanes) is 48. The molecule has 0 aliphatic rings. The molecule has 1 atom stereocenters. The quantitative estimate of drug-likeness (QED) is 0.0261. The summed E-state index contributed by atoms with van der Waals surface area (Å²) in [5, 5.41) is 0. The van der Waals surface area contributed by atoms with Gasteiger partial charge in [-0.05, 0) is 44.9 Å². The first kappa shape index (κ1) is 70.1. The predicted molar refractivity (Wildman–Crippen MR) is 312 cm³/mol. The second-order valence-corrected chi connectivity index (χ2v) is 22.4. The molecule has 6 heteroatoms. The molecule has 0 amide bonds. The first-order valence-corrected chi connectivity index (χ1v) is 32.7. The highest BCUT2D eigenvalue weighted by Gasteiger charge is 2.19. The van der Waals surface area contributed by atoms with E-state index in [2.05, 4.69) is 32.9 Å². The molecule has 0 aromatic heterocycles. The largest absolute Gasteiger partial charge is 0.462 e. The van der Waals surface area contributed by atoms with E-state index in [1.807, 2.05) is 0 Å². The van der Waals surface area contributed by atoms with E-state index in [0.29, 0.717) is 19.3 Å². The van der Waals surface area contributed by atoms with Gasteiger partial charge in [-0.25, -0.2) is 0 Å². The summed E-state index contributed by atoms with van der Waals surface area (Å²) in [5.74, 6) is -0.852. The van der Waals surface area contributed by atoms with Crippen LogP contribution in [-0.2, 0) is 28.6 Å². The fourth-order valence-corrected chi connectivity index (χ4v) is 10.1. The highest BCUT2D eigenvalue weighted by atomic mass is 16.6. The van der Waals surface area contributed by atoms with Gasteiger partial charge in [0.2, 0.25) is 0 Å². The fourth-order valence-electron chi connectivity index (χ4n) is 10.1.